The zero-order chi connectivity index (χ0) is 14.2. The monoisotopic (exact) mass is 296 g/mol. The first-order chi connectivity index (χ1) is 9.78. The van der Waals surface area contributed by atoms with Gasteiger partial charge in [-0.1, -0.05) is 6.07 Å². The minimum absolute atomic E-state index is 0.158. The van der Waals surface area contributed by atoms with E-state index >= 15 is 0 Å². The van der Waals surface area contributed by atoms with E-state index in [1.54, 1.807) is 18.4 Å². The minimum atomic E-state index is 0.158. The first kappa shape index (κ1) is 15.5. The van der Waals surface area contributed by atoms with Gasteiger partial charge in [0, 0.05) is 44.3 Å². The van der Waals surface area contributed by atoms with Crippen molar-refractivity contribution in [3.63, 3.8) is 0 Å². The Morgan fingerprint density at radius 1 is 1.50 bits per heavy atom. The molecule has 0 aromatic carbocycles. The fourth-order valence-corrected chi connectivity index (χ4v) is 3.29. The second kappa shape index (κ2) is 8.39. The average Bonchev–Trinajstić information content (AvgIpc) is 2.94. The second-order valence-corrected chi connectivity index (χ2v) is 6.32. The lowest BCUT2D eigenvalue weighted by Crippen LogP contribution is -2.45. The summed E-state index contributed by atoms with van der Waals surface area (Å²) in [5.41, 5.74) is 0. The van der Waals surface area contributed by atoms with Crippen molar-refractivity contribution in [1.82, 2.24) is 10.2 Å². The van der Waals surface area contributed by atoms with Gasteiger partial charge in [-0.25, -0.2) is 0 Å². The van der Waals surface area contributed by atoms with Crippen molar-refractivity contribution in [2.75, 3.05) is 33.4 Å². The Kier molecular flexibility index (Phi) is 6.50. The molecule has 0 aliphatic carbocycles. The normalized spacial score (nSPS) is 17.2. The molecule has 112 valence electrons. The molecule has 0 unspecified atom stereocenters. The Balaban J connectivity index is 1.62. The van der Waals surface area contributed by atoms with Crippen LogP contribution in [0.5, 0.6) is 0 Å². The fourth-order valence-electron chi connectivity index (χ4n) is 2.58. The van der Waals surface area contributed by atoms with E-state index < -0.39 is 0 Å². The smallest absolute Gasteiger partial charge is 0.225 e. The molecule has 0 bridgehead atoms. The van der Waals surface area contributed by atoms with Gasteiger partial charge in [-0.2, -0.15) is 0 Å². The van der Waals surface area contributed by atoms with Gasteiger partial charge in [-0.3, -0.25) is 4.79 Å². The van der Waals surface area contributed by atoms with Crippen LogP contribution in [0.4, 0.5) is 0 Å². The molecule has 1 N–H and O–H groups in total. The number of likely N-dealkylation sites (tertiary alicyclic amines) is 1. The van der Waals surface area contributed by atoms with Gasteiger partial charge in [0.2, 0.25) is 5.91 Å². The zero-order valence-electron chi connectivity index (χ0n) is 12.1. The lowest BCUT2D eigenvalue weighted by atomic mass is 10.0. The van der Waals surface area contributed by atoms with E-state index in [0.29, 0.717) is 12.5 Å². The third-order valence-corrected chi connectivity index (χ3v) is 4.57. The fraction of sp³-hybridized carbons (Fsp3) is 0.667. The number of nitrogens with zero attached hydrogens (tertiary/aromatic N) is 1. The van der Waals surface area contributed by atoms with Crippen LogP contribution in [0.1, 0.15) is 24.1 Å². The predicted octanol–water partition coefficient (Wildman–Crippen LogP) is 1.91. The summed E-state index contributed by atoms with van der Waals surface area (Å²) in [7, 11) is 1.75. The zero-order valence-corrected chi connectivity index (χ0v) is 13.0. The Morgan fingerprint density at radius 2 is 2.30 bits per heavy atom. The number of piperidine rings is 1. The molecule has 2 heterocycles. The number of methoxy groups -OCH3 is 1. The second-order valence-electron chi connectivity index (χ2n) is 5.29. The summed E-state index contributed by atoms with van der Waals surface area (Å²) in [5.74, 6) is 0.158. The van der Waals surface area contributed by atoms with E-state index in [1.807, 2.05) is 17.5 Å². The SMILES string of the molecule is COCCCN1CCC(NC(=O)Cc2cccs2)CC1. The standard InChI is InChI=1S/C15H24N2O2S/c1-19-10-3-7-17-8-5-13(6-9-17)16-15(18)12-14-4-2-11-20-14/h2,4,11,13H,3,5-10,12H2,1H3,(H,16,18). The van der Waals surface area contributed by atoms with Crippen molar-refractivity contribution in [2.45, 2.75) is 31.7 Å². The van der Waals surface area contributed by atoms with Crippen LogP contribution in [0.2, 0.25) is 0 Å². The van der Waals surface area contributed by atoms with Crippen LogP contribution in [0, 0.1) is 0 Å². The van der Waals surface area contributed by atoms with E-state index in [1.165, 1.54) is 0 Å². The summed E-state index contributed by atoms with van der Waals surface area (Å²) >= 11 is 1.64. The molecule has 1 saturated heterocycles. The number of rotatable bonds is 7. The van der Waals surface area contributed by atoms with E-state index in [0.717, 1.165) is 50.4 Å². The molecule has 0 radical (unpaired) electrons. The molecule has 2 rings (SSSR count). The van der Waals surface area contributed by atoms with E-state index in [9.17, 15) is 4.79 Å². The molecule has 1 aromatic heterocycles. The van der Waals surface area contributed by atoms with Crippen LogP contribution in [0.15, 0.2) is 17.5 Å². The summed E-state index contributed by atoms with van der Waals surface area (Å²) in [6.45, 7) is 4.09. The van der Waals surface area contributed by atoms with E-state index in [4.69, 9.17) is 4.74 Å². The van der Waals surface area contributed by atoms with E-state index in [-0.39, 0.29) is 5.91 Å². The molecule has 20 heavy (non-hydrogen) atoms. The highest BCUT2D eigenvalue weighted by molar-refractivity contribution is 7.10. The van der Waals surface area contributed by atoms with Gasteiger partial charge in [0.25, 0.3) is 0 Å². The molecular weight excluding hydrogens is 272 g/mol. The van der Waals surface area contributed by atoms with Crippen LogP contribution < -0.4 is 5.32 Å². The van der Waals surface area contributed by atoms with E-state index in [2.05, 4.69) is 10.2 Å². The van der Waals surface area contributed by atoms with Crippen molar-refractivity contribution < 1.29 is 9.53 Å². The largest absolute Gasteiger partial charge is 0.385 e. The van der Waals surface area contributed by atoms with Crippen molar-refractivity contribution >= 4 is 17.2 Å². The maximum atomic E-state index is 11.9. The summed E-state index contributed by atoms with van der Waals surface area (Å²) < 4.78 is 5.07. The van der Waals surface area contributed by atoms with Gasteiger partial charge in [-0.05, 0) is 30.7 Å². The summed E-state index contributed by atoms with van der Waals surface area (Å²) in [6, 6.07) is 4.36. The predicted molar refractivity (Wildman–Crippen MR) is 82.1 cm³/mol. The number of hydrogen-bond donors (Lipinski definition) is 1. The molecule has 1 fully saturated rings. The third-order valence-electron chi connectivity index (χ3n) is 3.69. The first-order valence-electron chi connectivity index (χ1n) is 7.31. The maximum absolute atomic E-state index is 11.9. The number of nitrogens with one attached hydrogen (secondary N) is 1. The lowest BCUT2D eigenvalue weighted by Gasteiger charge is -2.32. The summed E-state index contributed by atoms with van der Waals surface area (Å²) in [6.07, 6.45) is 3.73. The first-order valence-corrected chi connectivity index (χ1v) is 8.19. The van der Waals surface area contributed by atoms with Crippen molar-refractivity contribution in [3.8, 4) is 0 Å². The van der Waals surface area contributed by atoms with Crippen LogP contribution in [0.25, 0.3) is 0 Å². The summed E-state index contributed by atoms with van der Waals surface area (Å²) in [5, 5.41) is 5.18. The molecule has 0 spiro atoms. The van der Waals surface area contributed by atoms with Crippen molar-refractivity contribution in [3.05, 3.63) is 22.4 Å². The highest BCUT2D eigenvalue weighted by atomic mass is 32.1. The van der Waals surface area contributed by atoms with Crippen LogP contribution in [0.3, 0.4) is 0 Å². The Morgan fingerprint density at radius 3 is 2.95 bits per heavy atom. The molecule has 5 heteroatoms. The van der Waals surface area contributed by atoms with Gasteiger partial charge in [0.05, 0.1) is 6.42 Å². The molecular formula is C15H24N2O2S. The Labute approximate surface area is 125 Å². The van der Waals surface area contributed by atoms with Gasteiger partial charge in [0.15, 0.2) is 0 Å². The number of hydrogen-bond acceptors (Lipinski definition) is 4. The van der Waals surface area contributed by atoms with Crippen molar-refractivity contribution in [1.29, 1.82) is 0 Å². The van der Waals surface area contributed by atoms with Crippen LogP contribution in [-0.4, -0.2) is 50.2 Å². The number of carbonyl (C=O) groups is 1. The molecule has 1 aliphatic heterocycles. The van der Waals surface area contributed by atoms with Gasteiger partial charge in [0.1, 0.15) is 0 Å². The molecule has 0 saturated carbocycles. The minimum Gasteiger partial charge on any atom is -0.385 e. The Bertz CT molecular complexity index is 387. The third kappa shape index (κ3) is 5.23. The molecule has 1 amide bonds. The Hall–Kier alpha value is -0.910. The molecule has 1 aromatic rings. The highest BCUT2D eigenvalue weighted by Crippen LogP contribution is 2.12. The quantitative estimate of drug-likeness (QED) is 0.782. The lowest BCUT2D eigenvalue weighted by molar-refractivity contribution is -0.121. The maximum Gasteiger partial charge on any atom is 0.225 e. The molecule has 4 nitrogen and oxygen atoms in total. The van der Waals surface area contributed by atoms with Gasteiger partial charge < -0.3 is 15.0 Å². The van der Waals surface area contributed by atoms with Crippen LogP contribution >= 0.6 is 11.3 Å². The number of carbonyl (C=O) groups excluding carboxylic acids is 1. The van der Waals surface area contributed by atoms with Gasteiger partial charge in [-0.15, -0.1) is 11.3 Å². The average molecular weight is 296 g/mol. The highest BCUT2D eigenvalue weighted by Gasteiger charge is 2.20. The number of ether oxygens (including phenoxy) is 1. The van der Waals surface area contributed by atoms with Gasteiger partial charge >= 0.3 is 0 Å². The van der Waals surface area contributed by atoms with Crippen molar-refractivity contribution in [2.24, 2.45) is 0 Å². The molecule has 1 aliphatic rings. The topological polar surface area (TPSA) is 41.6 Å². The number of amides is 1. The number of thiophene rings is 1. The summed E-state index contributed by atoms with van der Waals surface area (Å²) in [4.78, 5) is 15.5. The van der Waals surface area contributed by atoms with Crippen LogP contribution in [-0.2, 0) is 16.0 Å². The molecule has 0 atom stereocenters.